The van der Waals surface area contributed by atoms with Gasteiger partial charge in [-0.2, -0.15) is 0 Å². The zero-order valence-corrected chi connectivity index (χ0v) is 17.7. The number of hydrogen-bond acceptors (Lipinski definition) is 7. The molecule has 0 aliphatic carbocycles. The first-order chi connectivity index (χ1) is 15.1. The second-order valence-electron chi connectivity index (χ2n) is 7.53. The first kappa shape index (κ1) is 19.4. The van der Waals surface area contributed by atoms with E-state index in [2.05, 4.69) is 15.3 Å². The third-order valence-corrected chi connectivity index (χ3v) is 6.06. The van der Waals surface area contributed by atoms with E-state index in [9.17, 15) is 9.59 Å². The Morgan fingerprint density at radius 1 is 1.19 bits per heavy atom. The molecular weight excluding hydrogens is 412 g/mol. The van der Waals surface area contributed by atoms with E-state index in [1.807, 2.05) is 36.6 Å². The number of benzene rings is 2. The lowest BCUT2D eigenvalue weighted by molar-refractivity contribution is 0.0468. The predicted molar refractivity (Wildman–Crippen MR) is 120 cm³/mol. The van der Waals surface area contributed by atoms with Crippen molar-refractivity contribution in [3.8, 4) is 0 Å². The molecule has 8 heteroatoms. The summed E-state index contributed by atoms with van der Waals surface area (Å²) in [5.41, 5.74) is 3.67. The van der Waals surface area contributed by atoms with Crippen molar-refractivity contribution in [2.75, 3.05) is 5.32 Å². The van der Waals surface area contributed by atoms with Crippen LogP contribution in [0.1, 0.15) is 33.9 Å². The summed E-state index contributed by atoms with van der Waals surface area (Å²) in [7, 11) is 0. The topological polar surface area (TPSA) is 86.1 Å². The van der Waals surface area contributed by atoms with Crippen LogP contribution in [0.2, 0.25) is 0 Å². The van der Waals surface area contributed by atoms with Gasteiger partial charge in [0.1, 0.15) is 12.4 Å². The normalized spacial score (nSPS) is 12.7. The highest BCUT2D eigenvalue weighted by Crippen LogP contribution is 2.22. The van der Waals surface area contributed by atoms with Crippen LogP contribution in [0.4, 0.5) is 10.8 Å². The fourth-order valence-electron chi connectivity index (χ4n) is 3.62. The molecule has 0 fully saturated rings. The summed E-state index contributed by atoms with van der Waals surface area (Å²) in [6, 6.07) is 12.9. The van der Waals surface area contributed by atoms with Crippen molar-refractivity contribution in [2.45, 2.75) is 32.9 Å². The molecule has 3 heterocycles. The Morgan fingerprint density at radius 2 is 2.03 bits per heavy atom. The van der Waals surface area contributed by atoms with Gasteiger partial charge in [0.05, 0.1) is 22.2 Å². The Hall–Kier alpha value is -3.52. The maximum absolute atomic E-state index is 12.6. The number of anilines is 2. The van der Waals surface area contributed by atoms with Gasteiger partial charge in [-0.3, -0.25) is 9.36 Å². The molecule has 4 aromatic rings. The summed E-state index contributed by atoms with van der Waals surface area (Å²) < 4.78 is 7.14. The second-order valence-corrected chi connectivity index (χ2v) is 8.39. The Labute approximate surface area is 182 Å². The molecule has 31 heavy (non-hydrogen) atoms. The van der Waals surface area contributed by atoms with E-state index in [-0.39, 0.29) is 12.2 Å². The molecule has 0 atom stereocenters. The second kappa shape index (κ2) is 7.96. The van der Waals surface area contributed by atoms with E-state index < -0.39 is 5.97 Å². The number of aryl methyl sites for hydroxylation is 2. The quantitative estimate of drug-likeness (QED) is 0.476. The van der Waals surface area contributed by atoms with E-state index in [1.54, 1.807) is 22.8 Å². The number of nitrogens with one attached hydrogen (secondary N) is 1. The van der Waals surface area contributed by atoms with Gasteiger partial charge in [0.15, 0.2) is 5.13 Å². The van der Waals surface area contributed by atoms with Crippen LogP contribution in [0.5, 0.6) is 0 Å². The van der Waals surface area contributed by atoms with Crippen LogP contribution in [-0.4, -0.2) is 20.5 Å². The number of hydrogen-bond donors (Lipinski definition) is 1. The number of rotatable bonds is 5. The molecule has 0 bridgehead atoms. The zero-order chi connectivity index (χ0) is 21.4. The molecule has 0 saturated heterocycles. The first-order valence-electron chi connectivity index (χ1n) is 10.1. The average molecular weight is 433 g/mol. The zero-order valence-electron chi connectivity index (χ0n) is 16.9. The molecule has 2 aromatic carbocycles. The van der Waals surface area contributed by atoms with Crippen molar-refractivity contribution in [1.82, 2.24) is 14.5 Å². The fraction of sp³-hybridized carbons (Fsp3) is 0.217. The lowest BCUT2D eigenvalue weighted by atomic mass is 10.1. The van der Waals surface area contributed by atoms with Crippen molar-refractivity contribution < 1.29 is 9.53 Å². The largest absolute Gasteiger partial charge is 0.456 e. The maximum atomic E-state index is 12.6. The third kappa shape index (κ3) is 3.94. The minimum Gasteiger partial charge on any atom is -0.456 e. The summed E-state index contributed by atoms with van der Waals surface area (Å²) in [6.07, 6.45) is 1.70. The van der Waals surface area contributed by atoms with Gasteiger partial charge in [0, 0.05) is 24.0 Å². The number of esters is 1. The number of carbonyl (C=O) groups excluding carboxylic acids is 1. The number of carbonyl (C=O) groups is 1. The Bertz CT molecular complexity index is 1340. The molecular formula is C23H20N4O3S. The highest BCUT2D eigenvalue weighted by atomic mass is 32.1. The third-order valence-electron chi connectivity index (χ3n) is 5.26. The van der Waals surface area contributed by atoms with Crippen molar-refractivity contribution in [2.24, 2.45) is 0 Å². The van der Waals surface area contributed by atoms with Gasteiger partial charge >= 0.3 is 5.97 Å². The first-order valence-corrected chi connectivity index (χ1v) is 10.9. The smallest absolute Gasteiger partial charge is 0.338 e. The van der Waals surface area contributed by atoms with Crippen molar-refractivity contribution >= 4 is 39.0 Å². The van der Waals surface area contributed by atoms with Crippen LogP contribution in [-0.2, 0) is 24.3 Å². The number of ether oxygens (including phenoxy) is 1. The van der Waals surface area contributed by atoms with Gasteiger partial charge in [-0.25, -0.2) is 14.8 Å². The lowest BCUT2D eigenvalue weighted by Crippen LogP contribution is -2.21. The van der Waals surface area contributed by atoms with Gasteiger partial charge < -0.3 is 10.1 Å². The Morgan fingerprint density at radius 3 is 2.87 bits per heavy atom. The lowest BCUT2D eigenvalue weighted by Gasteiger charge is -2.07. The van der Waals surface area contributed by atoms with Crippen LogP contribution in [0, 0.1) is 6.92 Å². The monoisotopic (exact) mass is 432 g/mol. The fourth-order valence-corrected chi connectivity index (χ4v) is 4.34. The number of fused-ring (bicyclic) bond motifs is 2. The maximum Gasteiger partial charge on any atom is 0.338 e. The number of aromatic nitrogens is 3. The molecule has 1 N–H and O–H groups in total. The molecule has 0 radical (unpaired) electrons. The SMILES string of the molecule is Cc1ccc(Nc2nc(COC(=O)c3ccc4c(=O)n5c(nc4c3)CCC5)cs2)cc1. The molecule has 1 aliphatic heterocycles. The van der Waals surface area contributed by atoms with Crippen molar-refractivity contribution in [3.63, 3.8) is 0 Å². The Balaban J connectivity index is 1.27. The minimum atomic E-state index is -0.467. The molecule has 0 saturated carbocycles. The number of thiazole rings is 1. The summed E-state index contributed by atoms with van der Waals surface area (Å²) in [6.45, 7) is 2.81. The highest BCUT2D eigenvalue weighted by molar-refractivity contribution is 7.13. The van der Waals surface area contributed by atoms with E-state index >= 15 is 0 Å². The molecule has 0 unspecified atom stereocenters. The summed E-state index contributed by atoms with van der Waals surface area (Å²) in [5.74, 6) is 0.310. The van der Waals surface area contributed by atoms with Crippen LogP contribution in [0.15, 0.2) is 52.6 Å². The average Bonchev–Trinajstić information content (AvgIpc) is 3.43. The molecule has 1 aliphatic rings. The molecule has 2 aromatic heterocycles. The van der Waals surface area contributed by atoms with Crippen LogP contribution < -0.4 is 10.9 Å². The van der Waals surface area contributed by atoms with E-state index in [4.69, 9.17) is 4.74 Å². The standard InChI is InChI=1S/C23H20N4O3S/c1-14-4-7-16(8-5-14)24-23-25-17(13-31-23)12-30-22(29)15-6-9-18-19(11-15)26-20-3-2-10-27(20)21(18)28/h4-9,11,13H,2-3,10,12H2,1H3,(H,24,25). The Kier molecular flexibility index (Phi) is 4.99. The van der Waals surface area contributed by atoms with E-state index in [0.717, 1.165) is 29.5 Å². The van der Waals surface area contributed by atoms with Crippen molar-refractivity contribution in [3.05, 3.63) is 80.8 Å². The summed E-state index contributed by atoms with van der Waals surface area (Å²) >= 11 is 1.45. The predicted octanol–water partition coefficient (Wildman–Crippen LogP) is 4.21. The van der Waals surface area contributed by atoms with E-state index in [1.165, 1.54) is 16.9 Å². The summed E-state index contributed by atoms with van der Waals surface area (Å²) in [4.78, 5) is 34.1. The van der Waals surface area contributed by atoms with Gasteiger partial charge in [0.25, 0.3) is 5.56 Å². The summed E-state index contributed by atoms with van der Waals surface area (Å²) in [5, 5.41) is 6.36. The van der Waals surface area contributed by atoms with Crippen LogP contribution >= 0.6 is 11.3 Å². The minimum absolute atomic E-state index is 0.0477. The van der Waals surface area contributed by atoms with Gasteiger partial charge in [-0.15, -0.1) is 11.3 Å². The van der Waals surface area contributed by atoms with Gasteiger partial charge in [0.2, 0.25) is 0 Å². The van der Waals surface area contributed by atoms with Crippen molar-refractivity contribution in [1.29, 1.82) is 0 Å². The molecule has 5 rings (SSSR count). The van der Waals surface area contributed by atoms with E-state index in [0.29, 0.717) is 28.7 Å². The molecule has 156 valence electrons. The highest BCUT2D eigenvalue weighted by Gasteiger charge is 2.17. The van der Waals surface area contributed by atoms with Gasteiger partial charge in [-0.05, 0) is 43.7 Å². The number of nitrogens with zero attached hydrogens (tertiary/aromatic N) is 3. The van der Waals surface area contributed by atoms with Crippen LogP contribution in [0.25, 0.3) is 10.9 Å². The van der Waals surface area contributed by atoms with Crippen LogP contribution in [0.3, 0.4) is 0 Å². The molecule has 0 spiro atoms. The molecule has 0 amide bonds. The molecule has 7 nitrogen and oxygen atoms in total. The van der Waals surface area contributed by atoms with Gasteiger partial charge in [-0.1, -0.05) is 17.7 Å².